The van der Waals surface area contributed by atoms with Gasteiger partial charge in [0.2, 0.25) is 0 Å². The second-order valence-corrected chi connectivity index (χ2v) is 4.26. The summed E-state index contributed by atoms with van der Waals surface area (Å²) in [6.45, 7) is 8.93. The topological polar surface area (TPSA) is 29.3 Å². The molecule has 0 aromatic carbocycles. The van der Waals surface area contributed by atoms with E-state index < -0.39 is 0 Å². The summed E-state index contributed by atoms with van der Waals surface area (Å²) in [5.74, 6) is 0. The molecule has 72 valence electrons. The van der Waals surface area contributed by atoms with Crippen LogP contribution in [0.2, 0.25) is 0 Å². The highest BCUT2D eigenvalue weighted by Gasteiger charge is 2.39. The highest BCUT2D eigenvalue weighted by atomic mass is 15.3. The van der Waals surface area contributed by atoms with Gasteiger partial charge in [-0.05, 0) is 19.8 Å². The van der Waals surface area contributed by atoms with Gasteiger partial charge in [-0.3, -0.25) is 4.90 Å². The van der Waals surface area contributed by atoms with Gasteiger partial charge in [0.15, 0.2) is 0 Å². The Balaban J connectivity index is 2.24. The molecule has 1 heterocycles. The summed E-state index contributed by atoms with van der Waals surface area (Å²) in [5.41, 5.74) is 6.23. The third-order valence-corrected chi connectivity index (χ3v) is 3.07. The van der Waals surface area contributed by atoms with E-state index in [9.17, 15) is 0 Å². The highest BCUT2D eigenvalue weighted by Crippen LogP contribution is 2.24. The molecule has 2 heteroatoms. The van der Waals surface area contributed by atoms with Crippen molar-refractivity contribution in [2.45, 2.75) is 51.6 Å². The van der Waals surface area contributed by atoms with Gasteiger partial charge in [-0.1, -0.05) is 20.3 Å². The van der Waals surface area contributed by atoms with Crippen molar-refractivity contribution in [1.29, 1.82) is 0 Å². The summed E-state index contributed by atoms with van der Waals surface area (Å²) in [7, 11) is 0. The third-order valence-electron chi connectivity index (χ3n) is 3.07. The lowest BCUT2D eigenvalue weighted by Gasteiger charge is -2.50. The van der Waals surface area contributed by atoms with E-state index in [4.69, 9.17) is 5.73 Å². The van der Waals surface area contributed by atoms with Crippen molar-refractivity contribution in [2.24, 2.45) is 5.73 Å². The molecule has 1 saturated heterocycles. The first kappa shape index (κ1) is 10.0. The van der Waals surface area contributed by atoms with E-state index in [1.165, 1.54) is 12.8 Å². The molecule has 1 rings (SSSR count). The Labute approximate surface area is 76.1 Å². The second-order valence-electron chi connectivity index (χ2n) is 4.26. The molecule has 2 nitrogen and oxygen atoms in total. The lowest BCUT2D eigenvalue weighted by atomic mass is 9.86. The lowest BCUT2D eigenvalue weighted by Crippen LogP contribution is -2.68. The van der Waals surface area contributed by atoms with Crippen molar-refractivity contribution in [2.75, 3.05) is 13.1 Å². The van der Waals surface area contributed by atoms with Gasteiger partial charge in [0.1, 0.15) is 0 Å². The normalized spacial score (nSPS) is 25.0. The van der Waals surface area contributed by atoms with Gasteiger partial charge in [-0.2, -0.15) is 0 Å². The predicted molar refractivity (Wildman–Crippen MR) is 53.2 cm³/mol. The fourth-order valence-electron chi connectivity index (χ4n) is 1.90. The third kappa shape index (κ3) is 1.99. The van der Waals surface area contributed by atoms with Gasteiger partial charge in [-0.15, -0.1) is 0 Å². The van der Waals surface area contributed by atoms with Crippen LogP contribution in [-0.4, -0.2) is 29.6 Å². The molecule has 2 N–H and O–H groups in total. The number of nitrogens with zero attached hydrogens (tertiary/aromatic N) is 1. The van der Waals surface area contributed by atoms with Crippen LogP contribution in [0.25, 0.3) is 0 Å². The summed E-state index contributed by atoms with van der Waals surface area (Å²) < 4.78 is 0. The first-order chi connectivity index (χ1) is 5.61. The average molecular weight is 170 g/mol. The molecule has 1 atom stereocenters. The van der Waals surface area contributed by atoms with E-state index in [2.05, 4.69) is 25.7 Å². The van der Waals surface area contributed by atoms with Gasteiger partial charge >= 0.3 is 0 Å². The largest absolute Gasteiger partial charge is 0.323 e. The van der Waals surface area contributed by atoms with E-state index in [0.29, 0.717) is 0 Å². The molecule has 12 heavy (non-hydrogen) atoms. The number of hydrogen-bond acceptors (Lipinski definition) is 2. The van der Waals surface area contributed by atoms with Crippen molar-refractivity contribution in [3.05, 3.63) is 0 Å². The van der Waals surface area contributed by atoms with Crippen LogP contribution in [-0.2, 0) is 0 Å². The van der Waals surface area contributed by atoms with Crippen LogP contribution < -0.4 is 5.73 Å². The molecule has 0 amide bonds. The quantitative estimate of drug-likeness (QED) is 0.694. The predicted octanol–water partition coefficient (Wildman–Crippen LogP) is 1.60. The van der Waals surface area contributed by atoms with Crippen LogP contribution in [0.15, 0.2) is 0 Å². The smallest absolute Gasteiger partial charge is 0.0410 e. The molecule has 1 aliphatic rings. The molecule has 0 radical (unpaired) electrons. The van der Waals surface area contributed by atoms with E-state index >= 15 is 0 Å². The molecule has 0 aliphatic carbocycles. The van der Waals surface area contributed by atoms with Crippen molar-refractivity contribution < 1.29 is 0 Å². The van der Waals surface area contributed by atoms with Crippen molar-refractivity contribution in [3.8, 4) is 0 Å². The average Bonchev–Trinajstić information content (AvgIpc) is 1.99. The van der Waals surface area contributed by atoms with Crippen LogP contribution in [0.4, 0.5) is 0 Å². The highest BCUT2D eigenvalue weighted by molar-refractivity contribution is 5.00. The van der Waals surface area contributed by atoms with E-state index in [1.807, 2.05) is 0 Å². The van der Waals surface area contributed by atoms with Crippen LogP contribution in [0.1, 0.15) is 40.0 Å². The zero-order valence-electron chi connectivity index (χ0n) is 8.64. The van der Waals surface area contributed by atoms with Crippen LogP contribution >= 0.6 is 0 Å². The maximum Gasteiger partial charge on any atom is 0.0410 e. The fraction of sp³-hybridized carbons (Fsp3) is 1.00. The Morgan fingerprint density at radius 2 is 2.00 bits per heavy atom. The zero-order valence-corrected chi connectivity index (χ0v) is 8.64. The van der Waals surface area contributed by atoms with Crippen molar-refractivity contribution in [1.82, 2.24) is 4.90 Å². The van der Waals surface area contributed by atoms with E-state index in [-0.39, 0.29) is 5.54 Å². The number of rotatable bonds is 4. The first-order valence-corrected chi connectivity index (χ1v) is 5.14. The Kier molecular flexibility index (Phi) is 3.13. The SMILES string of the molecule is CCCC(C)N1CC(N)(CC)C1. The number of nitrogens with two attached hydrogens (primary N) is 1. The molecule has 0 aromatic heterocycles. The van der Waals surface area contributed by atoms with Crippen molar-refractivity contribution in [3.63, 3.8) is 0 Å². The molecule has 1 unspecified atom stereocenters. The molecule has 0 saturated carbocycles. The van der Waals surface area contributed by atoms with Gasteiger partial charge in [0.25, 0.3) is 0 Å². The summed E-state index contributed by atoms with van der Waals surface area (Å²) in [4.78, 5) is 2.49. The summed E-state index contributed by atoms with van der Waals surface area (Å²) in [6.07, 6.45) is 3.70. The Hall–Kier alpha value is -0.0800. The standard InChI is InChI=1S/C10H22N2/c1-4-6-9(3)12-7-10(11,5-2)8-12/h9H,4-8,11H2,1-3H3. The summed E-state index contributed by atoms with van der Waals surface area (Å²) >= 11 is 0. The Morgan fingerprint density at radius 3 is 2.42 bits per heavy atom. The summed E-state index contributed by atoms with van der Waals surface area (Å²) in [5, 5.41) is 0. The van der Waals surface area contributed by atoms with Crippen molar-refractivity contribution >= 4 is 0 Å². The molecule has 0 bridgehead atoms. The maximum absolute atomic E-state index is 6.08. The molecular formula is C10H22N2. The Bertz CT molecular complexity index is 139. The minimum absolute atomic E-state index is 0.141. The molecule has 1 aliphatic heterocycles. The minimum Gasteiger partial charge on any atom is -0.323 e. The van der Waals surface area contributed by atoms with Gasteiger partial charge in [0.05, 0.1) is 0 Å². The molecule has 0 aromatic rings. The van der Waals surface area contributed by atoms with Gasteiger partial charge < -0.3 is 5.73 Å². The maximum atomic E-state index is 6.08. The van der Waals surface area contributed by atoms with E-state index in [0.717, 1.165) is 25.6 Å². The molecular weight excluding hydrogens is 148 g/mol. The first-order valence-electron chi connectivity index (χ1n) is 5.14. The van der Waals surface area contributed by atoms with Crippen LogP contribution in [0, 0.1) is 0 Å². The minimum atomic E-state index is 0.141. The lowest BCUT2D eigenvalue weighted by molar-refractivity contribution is 0.0300. The molecule has 0 spiro atoms. The monoisotopic (exact) mass is 170 g/mol. The van der Waals surface area contributed by atoms with Crippen LogP contribution in [0.3, 0.4) is 0 Å². The number of hydrogen-bond donors (Lipinski definition) is 1. The summed E-state index contributed by atoms with van der Waals surface area (Å²) in [6, 6.07) is 0.734. The van der Waals surface area contributed by atoms with Gasteiger partial charge in [-0.25, -0.2) is 0 Å². The Morgan fingerprint density at radius 1 is 1.42 bits per heavy atom. The fourth-order valence-corrected chi connectivity index (χ4v) is 1.90. The van der Waals surface area contributed by atoms with Crippen LogP contribution in [0.5, 0.6) is 0 Å². The second kappa shape index (κ2) is 3.75. The number of likely N-dealkylation sites (tertiary alicyclic amines) is 1. The van der Waals surface area contributed by atoms with E-state index in [1.54, 1.807) is 0 Å². The zero-order chi connectivity index (χ0) is 9.19. The van der Waals surface area contributed by atoms with Gasteiger partial charge in [0, 0.05) is 24.7 Å². The molecule has 1 fully saturated rings.